The van der Waals surface area contributed by atoms with Crippen molar-refractivity contribution in [3.05, 3.63) is 47.2 Å². The molecule has 1 aliphatic carbocycles. The van der Waals surface area contributed by atoms with Gasteiger partial charge in [0.15, 0.2) is 0 Å². The van der Waals surface area contributed by atoms with Crippen LogP contribution in [0.25, 0.3) is 0 Å². The van der Waals surface area contributed by atoms with E-state index in [1.165, 1.54) is 6.20 Å². The summed E-state index contributed by atoms with van der Waals surface area (Å²) in [4.78, 5) is 20.2. The standard InChI is InChI=1S/C22H24N6O/c1-15(29)18-6-8-20(9-7-18)27-21-19(13-24)14-26-22(28-21)25-11-10-16-2-4-17(12-23)5-3-16/h2-5,14,18,20H,6-11H2,1H3,(H2,25,26,27,28). The number of hydrogen-bond donors (Lipinski definition) is 2. The van der Waals surface area contributed by atoms with Crippen molar-refractivity contribution in [1.82, 2.24) is 9.97 Å². The van der Waals surface area contributed by atoms with E-state index in [1.807, 2.05) is 12.1 Å². The number of benzene rings is 1. The second kappa shape index (κ2) is 9.66. The summed E-state index contributed by atoms with van der Waals surface area (Å²) in [5, 5.41) is 24.8. The molecule has 0 atom stereocenters. The lowest BCUT2D eigenvalue weighted by Crippen LogP contribution is -2.29. The summed E-state index contributed by atoms with van der Waals surface area (Å²) in [6.07, 6.45) is 5.82. The molecule has 1 saturated carbocycles. The van der Waals surface area contributed by atoms with Crippen molar-refractivity contribution in [2.24, 2.45) is 5.92 Å². The zero-order valence-electron chi connectivity index (χ0n) is 16.5. The van der Waals surface area contributed by atoms with Crippen LogP contribution in [0.15, 0.2) is 30.5 Å². The lowest BCUT2D eigenvalue weighted by Gasteiger charge is -2.28. The van der Waals surface area contributed by atoms with Crippen LogP contribution in [-0.2, 0) is 11.2 Å². The summed E-state index contributed by atoms with van der Waals surface area (Å²) < 4.78 is 0. The van der Waals surface area contributed by atoms with Crippen LogP contribution in [0, 0.1) is 28.6 Å². The number of nitrogens with one attached hydrogen (secondary N) is 2. The van der Waals surface area contributed by atoms with E-state index < -0.39 is 0 Å². The van der Waals surface area contributed by atoms with Gasteiger partial charge in [0, 0.05) is 18.5 Å². The predicted molar refractivity (Wildman–Crippen MR) is 110 cm³/mol. The van der Waals surface area contributed by atoms with Gasteiger partial charge in [-0.05, 0) is 56.7 Å². The topological polar surface area (TPSA) is 114 Å². The van der Waals surface area contributed by atoms with Gasteiger partial charge in [-0.25, -0.2) is 4.98 Å². The van der Waals surface area contributed by atoms with Crippen molar-refractivity contribution in [2.75, 3.05) is 17.2 Å². The molecule has 1 aromatic carbocycles. The molecule has 0 bridgehead atoms. The zero-order valence-corrected chi connectivity index (χ0v) is 16.5. The lowest BCUT2D eigenvalue weighted by atomic mass is 9.84. The van der Waals surface area contributed by atoms with Gasteiger partial charge in [-0.3, -0.25) is 4.79 Å². The van der Waals surface area contributed by atoms with Crippen LogP contribution < -0.4 is 10.6 Å². The molecule has 0 aliphatic heterocycles. The molecule has 0 spiro atoms. The molecule has 7 nitrogen and oxygen atoms in total. The van der Waals surface area contributed by atoms with Gasteiger partial charge in [-0.15, -0.1) is 0 Å². The normalized spacial score (nSPS) is 18.3. The number of rotatable bonds is 7. The van der Waals surface area contributed by atoms with Crippen LogP contribution in [0.3, 0.4) is 0 Å². The Balaban J connectivity index is 1.57. The third kappa shape index (κ3) is 5.52. The van der Waals surface area contributed by atoms with Crippen LogP contribution in [0.1, 0.15) is 49.3 Å². The van der Waals surface area contributed by atoms with Gasteiger partial charge < -0.3 is 10.6 Å². The molecule has 0 unspecified atom stereocenters. The van der Waals surface area contributed by atoms with Crippen molar-refractivity contribution in [3.63, 3.8) is 0 Å². The Labute approximate surface area is 170 Å². The average molecular weight is 388 g/mol. The Bertz CT molecular complexity index is 933. The molecule has 1 heterocycles. The molecule has 3 rings (SSSR count). The SMILES string of the molecule is CC(=O)C1CCC(Nc2nc(NCCc3ccc(C#N)cc3)ncc2C#N)CC1. The third-order valence-electron chi connectivity index (χ3n) is 5.33. The fraction of sp³-hybridized carbons (Fsp3) is 0.409. The molecule has 1 fully saturated rings. The van der Waals surface area contributed by atoms with Crippen molar-refractivity contribution >= 4 is 17.5 Å². The number of carbonyl (C=O) groups is 1. The zero-order chi connectivity index (χ0) is 20.6. The van der Waals surface area contributed by atoms with Crippen LogP contribution >= 0.6 is 0 Å². The van der Waals surface area contributed by atoms with E-state index in [0.29, 0.717) is 29.4 Å². The maximum Gasteiger partial charge on any atom is 0.224 e. The molecule has 29 heavy (non-hydrogen) atoms. The monoisotopic (exact) mass is 388 g/mol. The van der Waals surface area contributed by atoms with Gasteiger partial charge in [0.2, 0.25) is 5.95 Å². The van der Waals surface area contributed by atoms with Gasteiger partial charge in [-0.2, -0.15) is 15.5 Å². The van der Waals surface area contributed by atoms with E-state index in [1.54, 1.807) is 19.1 Å². The van der Waals surface area contributed by atoms with Crippen molar-refractivity contribution < 1.29 is 4.79 Å². The van der Waals surface area contributed by atoms with E-state index in [2.05, 4.69) is 32.7 Å². The molecule has 1 aliphatic rings. The Morgan fingerprint density at radius 3 is 2.48 bits per heavy atom. The highest BCUT2D eigenvalue weighted by Crippen LogP contribution is 2.27. The maximum atomic E-state index is 11.5. The fourth-order valence-corrected chi connectivity index (χ4v) is 3.56. The van der Waals surface area contributed by atoms with E-state index in [4.69, 9.17) is 5.26 Å². The molecule has 2 N–H and O–H groups in total. The van der Waals surface area contributed by atoms with Crippen molar-refractivity contribution in [3.8, 4) is 12.1 Å². The minimum absolute atomic E-state index is 0.160. The number of aromatic nitrogens is 2. The average Bonchev–Trinajstić information content (AvgIpc) is 2.75. The molecule has 148 valence electrons. The molecule has 1 aromatic heterocycles. The van der Waals surface area contributed by atoms with Crippen molar-refractivity contribution in [1.29, 1.82) is 10.5 Å². The van der Waals surface area contributed by atoms with Crippen LogP contribution in [0.5, 0.6) is 0 Å². The van der Waals surface area contributed by atoms with Gasteiger partial charge in [0.1, 0.15) is 23.2 Å². The van der Waals surface area contributed by atoms with Crippen LogP contribution in [0.4, 0.5) is 11.8 Å². The predicted octanol–water partition coefficient (Wildman–Crippen LogP) is 3.43. The summed E-state index contributed by atoms with van der Waals surface area (Å²) in [5.74, 6) is 1.43. The summed E-state index contributed by atoms with van der Waals surface area (Å²) in [6.45, 7) is 2.30. The molecule has 0 radical (unpaired) electrons. The quantitative estimate of drug-likeness (QED) is 0.746. The Kier molecular flexibility index (Phi) is 6.76. The first-order valence-electron chi connectivity index (χ1n) is 9.86. The summed E-state index contributed by atoms with van der Waals surface area (Å²) in [6, 6.07) is 11.9. The maximum absolute atomic E-state index is 11.5. The van der Waals surface area contributed by atoms with Crippen LogP contribution in [0.2, 0.25) is 0 Å². The number of ketones is 1. The number of nitriles is 2. The Morgan fingerprint density at radius 2 is 1.86 bits per heavy atom. The smallest absolute Gasteiger partial charge is 0.224 e. The van der Waals surface area contributed by atoms with Crippen LogP contribution in [-0.4, -0.2) is 28.3 Å². The molecule has 2 aromatic rings. The molecular weight excluding hydrogens is 364 g/mol. The molecular formula is C22H24N6O. The minimum atomic E-state index is 0.160. The van der Waals surface area contributed by atoms with E-state index in [-0.39, 0.29) is 17.7 Å². The highest BCUT2D eigenvalue weighted by molar-refractivity contribution is 5.78. The summed E-state index contributed by atoms with van der Waals surface area (Å²) in [7, 11) is 0. The summed E-state index contributed by atoms with van der Waals surface area (Å²) in [5.41, 5.74) is 2.17. The minimum Gasteiger partial charge on any atom is -0.366 e. The van der Waals surface area contributed by atoms with Gasteiger partial charge in [0.25, 0.3) is 0 Å². The molecule has 7 heteroatoms. The summed E-state index contributed by atoms with van der Waals surface area (Å²) >= 11 is 0. The van der Waals surface area contributed by atoms with Gasteiger partial charge >= 0.3 is 0 Å². The van der Waals surface area contributed by atoms with Gasteiger partial charge in [-0.1, -0.05) is 12.1 Å². The number of hydrogen-bond acceptors (Lipinski definition) is 7. The lowest BCUT2D eigenvalue weighted by molar-refractivity contribution is -0.121. The Morgan fingerprint density at radius 1 is 1.14 bits per heavy atom. The first-order valence-corrected chi connectivity index (χ1v) is 9.86. The first-order chi connectivity index (χ1) is 14.1. The van der Waals surface area contributed by atoms with E-state index >= 15 is 0 Å². The number of carbonyl (C=O) groups excluding carboxylic acids is 1. The number of nitrogens with zero attached hydrogens (tertiary/aromatic N) is 4. The number of Topliss-reactive ketones (excluding diaryl/α,β-unsaturated/α-hetero) is 1. The fourth-order valence-electron chi connectivity index (χ4n) is 3.56. The largest absolute Gasteiger partial charge is 0.366 e. The second-order valence-electron chi connectivity index (χ2n) is 7.36. The molecule has 0 saturated heterocycles. The third-order valence-corrected chi connectivity index (χ3v) is 5.33. The Hall–Kier alpha value is -3.45. The van der Waals surface area contributed by atoms with Crippen molar-refractivity contribution in [2.45, 2.75) is 45.1 Å². The molecule has 0 amide bonds. The highest BCUT2D eigenvalue weighted by atomic mass is 16.1. The highest BCUT2D eigenvalue weighted by Gasteiger charge is 2.24. The second-order valence-corrected chi connectivity index (χ2v) is 7.36. The van der Waals surface area contributed by atoms with E-state index in [0.717, 1.165) is 37.7 Å². The van der Waals surface area contributed by atoms with E-state index in [9.17, 15) is 10.1 Å². The van der Waals surface area contributed by atoms with Gasteiger partial charge in [0.05, 0.1) is 17.8 Å². The number of anilines is 2. The first kappa shape index (κ1) is 20.3.